The van der Waals surface area contributed by atoms with Crippen LogP contribution in [0.5, 0.6) is 5.75 Å². The van der Waals surface area contributed by atoms with E-state index in [1.807, 2.05) is 45.0 Å². The first-order chi connectivity index (χ1) is 21.1. The van der Waals surface area contributed by atoms with Crippen LogP contribution in [-0.4, -0.2) is 47.5 Å². The van der Waals surface area contributed by atoms with Gasteiger partial charge in [0.2, 0.25) is 0 Å². The molecule has 0 bridgehead atoms. The molecule has 244 valence electrons. The SMILES string of the molecule is C=Cc1nc(C)c(CC(=O)OC(C)C)c(N2CCC(C)(C)CC2)c1-c1ccc(OCCc2ccc(F)cc2)cc1.CC(C)(C)O. The number of hydrogen-bond donors (Lipinski definition) is 1. The Morgan fingerprint density at radius 1 is 1.09 bits per heavy atom. The minimum absolute atomic E-state index is 0.168. The van der Waals surface area contributed by atoms with Gasteiger partial charge in [0.05, 0.1) is 36.1 Å². The Labute approximate surface area is 269 Å². The maximum absolute atomic E-state index is 13.2. The van der Waals surface area contributed by atoms with Crippen molar-refractivity contribution in [3.63, 3.8) is 0 Å². The summed E-state index contributed by atoms with van der Waals surface area (Å²) >= 11 is 0. The van der Waals surface area contributed by atoms with Crippen molar-refractivity contribution in [1.29, 1.82) is 0 Å². The van der Waals surface area contributed by atoms with Crippen LogP contribution in [0.2, 0.25) is 0 Å². The van der Waals surface area contributed by atoms with Gasteiger partial charge in [0.1, 0.15) is 11.6 Å². The molecule has 4 rings (SSSR count). The van der Waals surface area contributed by atoms with Crippen LogP contribution in [0.1, 0.15) is 83.8 Å². The molecule has 1 N–H and O–H groups in total. The quantitative estimate of drug-likeness (QED) is 0.230. The van der Waals surface area contributed by atoms with E-state index in [0.717, 1.165) is 71.0 Å². The summed E-state index contributed by atoms with van der Waals surface area (Å²) in [7, 11) is 0. The highest BCUT2D eigenvalue weighted by Crippen LogP contribution is 2.42. The number of esters is 1. The number of carbonyl (C=O) groups is 1. The van der Waals surface area contributed by atoms with Gasteiger partial charge in [-0.2, -0.15) is 0 Å². The van der Waals surface area contributed by atoms with Crippen LogP contribution in [0.25, 0.3) is 17.2 Å². The molecular weight excluding hydrogens is 567 g/mol. The van der Waals surface area contributed by atoms with E-state index in [1.165, 1.54) is 12.1 Å². The van der Waals surface area contributed by atoms with Crippen molar-refractivity contribution >= 4 is 17.7 Å². The smallest absolute Gasteiger partial charge is 0.310 e. The Hall–Kier alpha value is -3.71. The molecule has 0 radical (unpaired) electrons. The van der Waals surface area contributed by atoms with Crippen LogP contribution in [-0.2, 0) is 22.4 Å². The summed E-state index contributed by atoms with van der Waals surface area (Å²) in [6, 6.07) is 14.5. The number of pyridine rings is 1. The van der Waals surface area contributed by atoms with Crippen LogP contribution in [0.15, 0.2) is 55.1 Å². The van der Waals surface area contributed by atoms with Gasteiger partial charge in [-0.15, -0.1) is 0 Å². The van der Waals surface area contributed by atoms with Crippen LogP contribution < -0.4 is 9.64 Å². The monoisotopic (exact) mass is 618 g/mol. The normalized spacial score (nSPS) is 14.4. The summed E-state index contributed by atoms with van der Waals surface area (Å²) in [5.41, 5.74) is 6.34. The van der Waals surface area contributed by atoms with Crippen molar-refractivity contribution in [2.45, 2.75) is 92.8 Å². The van der Waals surface area contributed by atoms with E-state index in [-0.39, 0.29) is 29.7 Å². The Morgan fingerprint density at radius 3 is 2.20 bits per heavy atom. The lowest BCUT2D eigenvalue weighted by Gasteiger charge is -2.40. The zero-order valence-corrected chi connectivity index (χ0v) is 28.4. The number of nitrogens with zero attached hydrogens (tertiary/aromatic N) is 2. The largest absolute Gasteiger partial charge is 0.493 e. The third-order valence-corrected chi connectivity index (χ3v) is 7.53. The molecule has 45 heavy (non-hydrogen) atoms. The molecule has 0 spiro atoms. The molecule has 0 aliphatic carbocycles. The lowest BCUT2D eigenvalue weighted by molar-refractivity contribution is -0.146. The molecule has 0 unspecified atom stereocenters. The summed E-state index contributed by atoms with van der Waals surface area (Å²) in [4.78, 5) is 20.2. The highest BCUT2D eigenvalue weighted by molar-refractivity contribution is 5.89. The molecule has 1 aliphatic rings. The number of aromatic nitrogens is 1. The van der Waals surface area contributed by atoms with E-state index in [1.54, 1.807) is 39.0 Å². The minimum atomic E-state index is -0.500. The number of carbonyl (C=O) groups excluding carboxylic acids is 1. The summed E-state index contributed by atoms with van der Waals surface area (Å²) in [6.07, 6.45) is 4.60. The zero-order chi connectivity index (χ0) is 33.4. The van der Waals surface area contributed by atoms with Crippen molar-refractivity contribution in [3.8, 4) is 16.9 Å². The molecule has 1 saturated heterocycles. The number of aryl methyl sites for hydroxylation is 1. The van der Waals surface area contributed by atoms with Gasteiger partial charge in [0, 0.05) is 36.3 Å². The highest BCUT2D eigenvalue weighted by Gasteiger charge is 2.30. The van der Waals surface area contributed by atoms with Gasteiger partial charge in [0.15, 0.2) is 0 Å². The number of halogens is 1. The third kappa shape index (κ3) is 11.3. The first-order valence-corrected chi connectivity index (χ1v) is 15.9. The maximum atomic E-state index is 13.2. The van der Waals surface area contributed by atoms with Crippen LogP contribution in [0, 0.1) is 18.2 Å². The molecular formula is C38H51FN2O4. The molecule has 2 heterocycles. The maximum Gasteiger partial charge on any atom is 0.310 e. The number of ether oxygens (including phenoxy) is 2. The van der Waals surface area contributed by atoms with Crippen molar-refractivity contribution in [1.82, 2.24) is 4.98 Å². The van der Waals surface area contributed by atoms with E-state index in [0.29, 0.717) is 13.0 Å². The Balaban J connectivity index is 0.00000102. The fraction of sp³-hybridized carbons (Fsp3) is 0.474. The minimum Gasteiger partial charge on any atom is -0.493 e. The number of benzene rings is 2. The zero-order valence-electron chi connectivity index (χ0n) is 28.4. The highest BCUT2D eigenvalue weighted by atomic mass is 19.1. The van der Waals surface area contributed by atoms with Gasteiger partial charge < -0.3 is 19.5 Å². The van der Waals surface area contributed by atoms with Crippen LogP contribution in [0.4, 0.5) is 10.1 Å². The first-order valence-electron chi connectivity index (χ1n) is 15.9. The van der Waals surface area contributed by atoms with Gasteiger partial charge in [-0.25, -0.2) is 4.39 Å². The fourth-order valence-corrected chi connectivity index (χ4v) is 5.18. The molecule has 2 aromatic carbocycles. The topological polar surface area (TPSA) is 71.9 Å². The Morgan fingerprint density at radius 2 is 1.67 bits per heavy atom. The second-order valence-corrected chi connectivity index (χ2v) is 13.8. The molecule has 7 heteroatoms. The summed E-state index contributed by atoms with van der Waals surface area (Å²) in [5, 5.41) is 8.52. The number of piperidine rings is 1. The van der Waals surface area contributed by atoms with Gasteiger partial charge in [-0.3, -0.25) is 9.78 Å². The van der Waals surface area contributed by atoms with E-state index < -0.39 is 5.60 Å². The molecule has 6 nitrogen and oxygen atoms in total. The summed E-state index contributed by atoms with van der Waals surface area (Å²) < 4.78 is 24.7. The van der Waals surface area contributed by atoms with Gasteiger partial charge in [0.25, 0.3) is 0 Å². The lowest BCUT2D eigenvalue weighted by atomic mass is 9.82. The van der Waals surface area contributed by atoms with Gasteiger partial charge in [-0.05, 0) is 101 Å². The molecule has 0 saturated carbocycles. The van der Waals surface area contributed by atoms with E-state index in [4.69, 9.17) is 19.6 Å². The van der Waals surface area contributed by atoms with E-state index in [2.05, 4.69) is 25.3 Å². The van der Waals surface area contributed by atoms with E-state index in [9.17, 15) is 9.18 Å². The van der Waals surface area contributed by atoms with Crippen LogP contribution in [0.3, 0.4) is 0 Å². The number of aliphatic hydroxyl groups is 1. The average molecular weight is 619 g/mol. The van der Waals surface area contributed by atoms with Gasteiger partial charge in [-0.1, -0.05) is 44.7 Å². The fourth-order valence-electron chi connectivity index (χ4n) is 5.18. The second kappa shape index (κ2) is 15.5. The molecule has 0 amide bonds. The number of rotatable bonds is 10. The number of hydrogen-bond acceptors (Lipinski definition) is 6. The molecule has 1 fully saturated rings. The molecule has 1 aromatic heterocycles. The predicted molar refractivity (Wildman–Crippen MR) is 182 cm³/mol. The first kappa shape index (κ1) is 35.8. The molecule has 0 atom stereocenters. The second-order valence-electron chi connectivity index (χ2n) is 13.8. The lowest BCUT2D eigenvalue weighted by Crippen LogP contribution is -2.38. The third-order valence-electron chi connectivity index (χ3n) is 7.53. The van der Waals surface area contributed by atoms with Crippen molar-refractivity contribution < 1.29 is 23.8 Å². The van der Waals surface area contributed by atoms with Crippen molar-refractivity contribution in [2.75, 3.05) is 24.6 Å². The van der Waals surface area contributed by atoms with Gasteiger partial charge >= 0.3 is 5.97 Å². The van der Waals surface area contributed by atoms with E-state index >= 15 is 0 Å². The molecule has 3 aromatic rings. The summed E-state index contributed by atoms with van der Waals surface area (Å²) in [6.45, 7) is 21.9. The van der Waals surface area contributed by atoms with Crippen molar-refractivity contribution in [2.24, 2.45) is 5.41 Å². The molecule has 1 aliphatic heterocycles. The number of anilines is 1. The standard InChI is InChI=1S/C34H41FN2O3.C4H10O/c1-7-30-32(26-10-14-28(15-11-26)39-21-16-25-8-12-27(35)13-9-25)33(37-19-17-34(5,6)18-20-37)29(24(4)36-30)22-31(38)40-23(2)3;1-4(2,3)5/h7-15,23H,1,16-22H2,2-6H3;5H,1-3H3. The Kier molecular flexibility index (Phi) is 12.3. The summed E-state index contributed by atoms with van der Waals surface area (Å²) in [5.74, 6) is 0.270. The Bertz CT molecular complexity index is 1410. The average Bonchev–Trinajstić information content (AvgIpc) is 2.94. The van der Waals surface area contributed by atoms with Crippen LogP contribution >= 0.6 is 0 Å². The van der Waals surface area contributed by atoms with Crippen molar-refractivity contribution in [3.05, 3.63) is 83.4 Å². The predicted octanol–water partition coefficient (Wildman–Crippen LogP) is 8.36.